The molecule has 0 fully saturated rings. The van der Waals surface area contributed by atoms with Gasteiger partial charge in [0, 0.05) is 34.8 Å². The summed E-state index contributed by atoms with van der Waals surface area (Å²) in [4.78, 5) is 41.8. The van der Waals surface area contributed by atoms with Gasteiger partial charge in [-0.15, -0.1) is 0 Å². The number of fused-ring (bicyclic) bond motifs is 1. The zero-order valence-electron chi connectivity index (χ0n) is 22.0. The number of ether oxygens (including phenoxy) is 1. The van der Waals surface area contributed by atoms with Crippen LogP contribution in [0.2, 0.25) is 0 Å². The highest BCUT2D eigenvalue weighted by Gasteiger charge is 2.25. The Labute approximate surface area is 227 Å². The summed E-state index contributed by atoms with van der Waals surface area (Å²) in [5.74, 6) is -1.21. The second-order valence-electron chi connectivity index (χ2n) is 9.50. The molecule has 0 aliphatic carbocycles. The lowest BCUT2D eigenvalue weighted by Crippen LogP contribution is -2.43. The molecule has 0 aliphatic rings. The number of esters is 1. The van der Waals surface area contributed by atoms with Crippen molar-refractivity contribution in [3.63, 3.8) is 0 Å². The third-order valence-corrected chi connectivity index (χ3v) is 6.53. The molecule has 3 aromatic carbocycles. The molecular weight excluding hydrogens is 492 g/mol. The number of anilines is 1. The molecule has 0 aliphatic heterocycles. The molecule has 4 aromatic rings. The van der Waals surface area contributed by atoms with Crippen molar-refractivity contribution in [3.8, 4) is 0 Å². The van der Waals surface area contributed by atoms with Crippen molar-refractivity contribution in [2.24, 2.45) is 5.73 Å². The summed E-state index contributed by atoms with van der Waals surface area (Å²) in [6, 6.07) is 22.2. The van der Waals surface area contributed by atoms with Gasteiger partial charge >= 0.3 is 5.97 Å². The number of carbonyl (C=O) groups is 3. The molecule has 39 heavy (non-hydrogen) atoms. The molecule has 0 bridgehead atoms. The Morgan fingerprint density at radius 3 is 2.41 bits per heavy atom. The average molecular weight is 527 g/mol. The van der Waals surface area contributed by atoms with Gasteiger partial charge in [-0.25, -0.2) is 4.79 Å². The lowest BCUT2D eigenvalue weighted by atomic mass is 10.0. The van der Waals surface area contributed by atoms with Crippen LogP contribution in [0.15, 0.2) is 85.1 Å². The first-order chi connectivity index (χ1) is 18.9. The number of unbranched alkanes of at least 4 members (excludes halogenated alkanes) is 1. The van der Waals surface area contributed by atoms with E-state index in [0.29, 0.717) is 17.7 Å². The number of para-hydroxylation sites is 1. The van der Waals surface area contributed by atoms with E-state index in [9.17, 15) is 14.4 Å². The van der Waals surface area contributed by atoms with Crippen LogP contribution >= 0.6 is 0 Å². The minimum atomic E-state index is -0.906. The summed E-state index contributed by atoms with van der Waals surface area (Å²) in [5.41, 5.74) is 9.53. The molecule has 2 atom stereocenters. The molecular formula is C31H34N4O4. The number of amides is 2. The zero-order valence-corrected chi connectivity index (χ0v) is 22.0. The lowest BCUT2D eigenvalue weighted by Gasteiger charge is -2.18. The quantitative estimate of drug-likeness (QED) is 0.199. The van der Waals surface area contributed by atoms with Crippen molar-refractivity contribution < 1.29 is 19.1 Å². The van der Waals surface area contributed by atoms with E-state index in [4.69, 9.17) is 10.5 Å². The first kappa shape index (κ1) is 27.6. The molecule has 202 valence electrons. The number of aromatic nitrogens is 1. The van der Waals surface area contributed by atoms with Crippen molar-refractivity contribution in [1.82, 2.24) is 10.3 Å². The predicted molar refractivity (Wildman–Crippen MR) is 152 cm³/mol. The number of H-pyrrole nitrogens is 1. The number of nitrogens with one attached hydrogen (secondary N) is 3. The number of rotatable bonds is 12. The number of hydrogen-bond donors (Lipinski definition) is 4. The van der Waals surface area contributed by atoms with Crippen LogP contribution in [0.3, 0.4) is 0 Å². The van der Waals surface area contributed by atoms with Crippen LogP contribution in [0.4, 0.5) is 5.69 Å². The Kier molecular flexibility index (Phi) is 9.48. The standard InChI is InChI=1S/C31H34N4O4/c1-2-3-12-26(32)30(37)34-24-16-14-22(15-17-24)29(36)35-28(31(38)39-20-21-9-5-4-6-10-21)18-23-19-33-27-13-8-7-11-25(23)27/h4-11,13-17,19,26,28,33H,2-3,12,18,20,32H2,1H3,(H,34,37)(H,35,36)/t26-,28-/m0/s1. The monoisotopic (exact) mass is 526 g/mol. The molecule has 4 rings (SSSR count). The highest BCUT2D eigenvalue weighted by Crippen LogP contribution is 2.20. The molecule has 0 radical (unpaired) electrons. The molecule has 0 spiro atoms. The van der Waals surface area contributed by atoms with Gasteiger partial charge in [0.15, 0.2) is 0 Å². The fourth-order valence-corrected chi connectivity index (χ4v) is 4.28. The van der Waals surface area contributed by atoms with Crippen LogP contribution in [-0.2, 0) is 27.4 Å². The summed E-state index contributed by atoms with van der Waals surface area (Å²) >= 11 is 0. The fourth-order valence-electron chi connectivity index (χ4n) is 4.28. The highest BCUT2D eigenvalue weighted by molar-refractivity contribution is 5.98. The summed E-state index contributed by atoms with van der Waals surface area (Å²) in [6.45, 7) is 2.15. The van der Waals surface area contributed by atoms with Gasteiger partial charge < -0.3 is 26.1 Å². The molecule has 8 nitrogen and oxygen atoms in total. The van der Waals surface area contributed by atoms with Crippen LogP contribution in [0.1, 0.15) is 47.7 Å². The Hall–Kier alpha value is -4.43. The van der Waals surface area contributed by atoms with Crippen LogP contribution in [0.5, 0.6) is 0 Å². The van der Waals surface area contributed by atoms with Gasteiger partial charge in [0.1, 0.15) is 12.6 Å². The normalized spacial score (nSPS) is 12.5. The van der Waals surface area contributed by atoms with E-state index in [1.165, 1.54) is 0 Å². The molecule has 0 unspecified atom stereocenters. The second kappa shape index (κ2) is 13.4. The van der Waals surface area contributed by atoms with E-state index in [1.54, 1.807) is 24.3 Å². The first-order valence-corrected chi connectivity index (χ1v) is 13.2. The van der Waals surface area contributed by atoms with Crippen molar-refractivity contribution in [2.75, 3.05) is 5.32 Å². The van der Waals surface area contributed by atoms with Gasteiger partial charge in [-0.3, -0.25) is 9.59 Å². The Bertz CT molecular complexity index is 1400. The fraction of sp³-hybridized carbons (Fsp3) is 0.258. The maximum Gasteiger partial charge on any atom is 0.329 e. The van der Waals surface area contributed by atoms with Crippen LogP contribution in [0.25, 0.3) is 10.9 Å². The number of aromatic amines is 1. The van der Waals surface area contributed by atoms with Gasteiger partial charge in [0.05, 0.1) is 6.04 Å². The van der Waals surface area contributed by atoms with Gasteiger partial charge in [0.2, 0.25) is 5.91 Å². The van der Waals surface area contributed by atoms with E-state index in [0.717, 1.165) is 34.9 Å². The smallest absolute Gasteiger partial charge is 0.329 e. The maximum atomic E-state index is 13.2. The third kappa shape index (κ3) is 7.55. The van der Waals surface area contributed by atoms with Crippen LogP contribution in [0, 0.1) is 0 Å². The minimum absolute atomic E-state index is 0.106. The Morgan fingerprint density at radius 2 is 1.67 bits per heavy atom. The van der Waals surface area contributed by atoms with E-state index in [2.05, 4.69) is 15.6 Å². The van der Waals surface area contributed by atoms with Crippen LogP contribution < -0.4 is 16.4 Å². The molecule has 0 saturated heterocycles. The SMILES string of the molecule is CCCC[C@H](N)C(=O)Nc1ccc(C(=O)N[C@@H](Cc2c[nH]c3ccccc23)C(=O)OCc2ccccc2)cc1. The largest absolute Gasteiger partial charge is 0.459 e. The van der Waals surface area contributed by atoms with Crippen molar-refractivity contribution in [3.05, 3.63) is 102 Å². The average Bonchev–Trinajstić information content (AvgIpc) is 3.37. The number of carbonyl (C=O) groups excluding carboxylic acids is 3. The number of benzene rings is 3. The number of nitrogens with two attached hydrogens (primary N) is 1. The summed E-state index contributed by atoms with van der Waals surface area (Å²) in [6.07, 6.45) is 4.55. The summed E-state index contributed by atoms with van der Waals surface area (Å²) in [5, 5.41) is 6.60. The third-order valence-electron chi connectivity index (χ3n) is 6.53. The van der Waals surface area contributed by atoms with E-state index < -0.39 is 24.0 Å². The maximum absolute atomic E-state index is 13.2. The molecule has 1 heterocycles. The molecule has 0 saturated carbocycles. The highest BCUT2D eigenvalue weighted by atomic mass is 16.5. The Morgan fingerprint density at radius 1 is 0.949 bits per heavy atom. The number of hydrogen-bond acceptors (Lipinski definition) is 5. The van der Waals surface area contributed by atoms with Gasteiger partial charge in [-0.05, 0) is 47.9 Å². The molecule has 2 amide bonds. The minimum Gasteiger partial charge on any atom is -0.459 e. The first-order valence-electron chi connectivity index (χ1n) is 13.2. The van der Waals surface area contributed by atoms with Crippen LogP contribution in [-0.4, -0.2) is 34.9 Å². The van der Waals surface area contributed by atoms with Gasteiger partial charge in [0.25, 0.3) is 5.91 Å². The zero-order chi connectivity index (χ0) is 27.6. The molecule has 1 aromatic heterocycles. The van der Waals surface area contributed by atoms with Crippen molar-refractivity contribution in [1.29, 1.82) is 0 Å². The molecule has 8 heteroatoms. The van der Waals surface area contributed by atoms with Crippen molar-refractivity contribution >= 4 is 34.4 Å². The van der Waals surface area contributed by atoms with E-state index in [-0.39, 0.29) is 18.9 Å². The Balaban J connectivity index is 1.45. The summed E-state index contributed by atoms with van der Waals surface area (Å²) < 4.78 is 5.58. The second-order valence-corrected chi connectivity index (χ2v) is 9.50. The van der Waals surface area contributed by atoms with Gasteiger partial charge in [-0.2, -0.15) is 0 Å². The van der Waals surface area contributed by atoms with E-state index in [1.807, 2.05) is 67.7 Å². The summed E-state index contributed by atoms with van der Waals surface area (Å²) in [7, 11) is 0. The van der Waals surface area contributed by atoms with Crippen molar-refractivity contribution in [2.45, 2.75) is 51.3 Å². The van der Waals surface area contributed by atoms with Gasteiger partial charge in [-0.1, -0.05) is 68.3 Å². The van der Waals surface area contributed by atoms with E-state index >= 15 is 0 Å². The lowest BCUT2D eigenvalue weighted by molar-refractivity contribution is -0.147. The molecule has 5 N–H and O–H groups in total. The topological polar surface area (TPSA) is 126 Å². The predicted octanol–water partition coefficient (Wildman–Crippen LogP) is 4.71.